The molecule has 0 saturated carbocycles. The summed E-state index contributed by atoms with van der Waals surface area (Å²) in [4.78, 5) is 24.0. The summed E-state index contributed by atoms with van der Waals surface area (Å²) in [6, 6.07) is 7.81. The molecule has 1 fully saturated rings. The van der Waals surface area contributed by atoms with E-state index in [1.807, 2.05) is 31.2 Å². The normalized spacial score (nSPS) is 18.6. The van der Waals surface area contributed by atoms with E-state index in [-0.39, 0.29) is 0 Å². The van der Waals surface area contributed by atoms with Gasteiger partial charge in [0.1, 0.15) is 4.88 Å². The molecule has 0 spiro atoms. The Bertz CT molecular complexity index is 659. The Morgan fingerprint density at radius 2 is 2.21 bits per heavy atom. The van der Waals surface area contributed by atoms with Gasteiger partial charge in [-0.1, -0.05) is 18.2 Å². The molecule has 2 heterocycles. The van der Waals surface area contributed by atoms with Crippen LogP contribution in [0.4, 0.5) is 0 Å². The lowest BCUT2D eigenvalue weighted by molar-refractivity contribution is -0.145. The number of carbonyl (C=O) groups is 2. The maximum absolute atomic E-state index is 12.1. The molecule has 2 aromatic rings. The van der Waals surface area contributed by atoms with Gasteiger partial charge in [-0.25, -0.2) is 9.59 Å². The largest absolute Gasteiger partial charge is 0.463 e. The fraction of sp³-hybridized carbons (Fsp3) is 0.286. The SMILES string of the molecule is Cc1c(C(=O)O[C@@H]2CCOC2=O)sc2ccccc12. The average Bonchev–Trinajstić information content (AvgIpc) is 2.95. The summed E-state index contributed by atoms with van der Waals surface area (Å²) < 4.78 is 11.0. The fourth-order valence-electron chi connectivity index (χ4n) is 2.14. The molecule has 1 aromatic carbocycles. The van der Waals surface area contributed by atoms with Gasteiger partial charge in [-0.3, -0.25) is 0 Å². The molecular weight excluding hydrogens is 264 g/mol. The Morgan fingerprint density at radius 1 is 1.42 bits per heavy atom. The van der Waals surface area contributed by atoms with E-state index in [0.29, 0.717) is 17.9 Å². The van der Waals surface area contributed by atoms with Gasteiger partial charge in [-0.05, 0) is 23.9 Å². The van der Waals surface area contributed by atoms with E-state index in [9.17, 15) is 9.59 Å². The number of thiophene rings is 1. The highest BCUT2D eigenvalue weighted by molar-refractivity contribution is 7.21. The Balaban J connectivity index is 1.89. The summed E-state index contributed by atoms with van der Waals surface area (Å²) in [6.07, 6.45) is -0.314. The van der Waals surface area contributed by atoms with Crippen LogP contribution in [-0.2, 0) is 14.3 Å². The molecule has 1 atom stereocenters. The lowest BCUT2D eigenvalue weighted by Crippen LogP contribution is -2.22. The van der Waals surface area contributed by atoms with Crippen molar-refractivity contribution in [2.75, 3.05) is 6.61 Å². The van der Waals surface area contributed by atoms with E-state index in [4.69, 9.17) is 9.47 Å². The standard InChI is InChI=1S/C14H12O4S/c1-8-9-4-2-3-5-11(9)19-12(8)14(16)18-10-6-7-17-13(10)15/h2-5,10H,6-7H2,1H3/t10-/m1/s1. The van der Waals surface area contributed by atoms with Gasteiger partial charge >= 0.3 is 11.9 Å². The van der Waals surface area contributed by atoms with Crippen LogP contribution in [0.2, 0.25) is 0 Å². The van der Waals surface area contributed by atoms with Crippen molar-refractivity contribution in [2.45, 2.75) is 19.4 Å². The number of ether oxygens (including phenoxy) is 2. The summed E-state index contributed by atoms with van der Waals surface area (Å²) in [5.41, 5.74) is 0.900. The van der Waals surface area contributed by atoms with Crippen molar-refractivity contribution in [1.29, 1.82) is 0 Å². The van der Waals surface area contributed by atoms with Crippen molar-refractivity contribution >= 4 is 33.4 Å². The fourth-order valence-corrected chi connectivity index (χ4v) is 3.23. The van der Waals surface area contributed by atoms with Crippen LogP contribution in [0.3, 0.4) is 0 Å². The number of hydrogen-bond donors (Lipinski definition) is 0. The van der Waals surface area contributed by atoms with Crippen molar-refractivity contribution < 1.29 is 19.1 Å². The van der Waals surface area contributed by atoms with Gasteiger partial charge in [-0.15, -0.1) is 11.3 Å². The zero-order chi connectivity index (χ0) is 13.4. The van der Waals surface area contributed by atoms with E-state index in [2.05, 4.69) is 0 Å². The highest BCUT2D eigenvalue weighted by Crippen LogP contribution is 2.31. The minimum absolute atomic E-state index is 0.322. The van der Waals surface area contributed by atoms with Crippen molar-refractivity contribution in [3.05, 3.63) is 34.7 Å². The predicted molar refractivity (Wildman–Crippen MR) is 71.3 cm³/mol. The van der Waals surface area contributed by atoms with Crippen molar-refractivity contribution in [1.82, 2.24) is 0 Å². The van der Waals surface area contributed by atoms with Gasteiger partial charge in [-0.2, -0.15) is 0 Å². The van der Waals surface area contributed by atoms with E-state index < -0.39 is 18.0 Å². The average molecular weight is 276 g/mol. The molecular formula is C14H12O4S. The number of hydrogen-bond acceptors (Lipinski definition) is 5. The number of aryl methyl sites for hydroxylation is 1. The van der Waals surface area contributed by atoms with Gasteiger partial charge in [0.2, 0.25) is 6.10 Å². The summed E-state index contributed by atoms with van der Waals surface area (Å²) in [5.74, 6) is -0.894. The monoisotopic (exact) mass is 276 g/mol. The highest BCUT2D eigenvalue weighted by atomic mass is 32.1. The molecule has 0 aliphatic carbocycles. The third-order valence-electron chi connectivity index (χ3n) is 3.17. The minimum atomic E-state index is -0.753. The zero-order valence-corrected chi connectivity index (χ0v) is 11.2. The molecule has 0 unspecified atom stereocenters. The quantitative estimate of drug-likeness (QED) is 0.791. The zero-order valence-electron chi connectivity index (χ0n) is 10.3. The van der Waals surface area contributed by atoms with Crippen LogP contribution in [0.1, 0.15) is 21.7 Å². The van der Waals surface area contributed by atoms with E-state index in [1.165, 1.54) is 11.3 Å². The summed E-state index contributed by atoms with van der Waals surface area (Å²) in [6.45, 7) is 2.21. The molecule has 0 N–H and O–H groups in total. The molecule has 1 aliphatic heterocycles. The Hall–Kier alpha value is -1.88. The maximum atomic E-state index is 12.1. The van der Waals surface area contributed by atoms with Gasteiger partial charge in [0.15, 0.2) is 0 Å². The molecule has 4 nitrogen and oxygen atoms in total. The molecule has 0 amide bonds. The number of fused-ring (bicyclic) bond motifs is 1. The first-order valence-electron chi connectivity index (χ1n) is 6.02. The number of benzene rings is 1. The number of esters is 2. The second kappa shape index (κ2) is 4.66. The first-order chi connectivity index (χ1) is 9.16. The lowest BCUT2D eigenvalue weighted by atomic mass is 10.1. The van der Waals surface area contributed by atoms with Crippen LogP contribution in [0.5, 0.6) is 0 Å². The van der Waals surface area contributed by atoms with Gasteiger partial charge in [0.05, 0.1) is 6.61 Å². The first kappa shape index (κ1) is 12.2. The van der Waals surface area contributed by atoms with E-state index >= 15 is 0 Å². The molecule has 98 valence electrons. The highest BCUT2D eigenvalue weighted by Gasteiger charge is 2.31. The molecule has 5 heteroatoms. The van der Waals surface area contributed by atoms with Crippen LogP contribution < -0.4 is 0 Å². The minimum Gasteiger partial charge on any atom is -0.463 e. The smallest absolute Gasteiger partial charge is 0.349 e. The third-order valence-corrected chi connectivity index (χ3v) is 4.42. The maximum Gasteiger partial charge on any atom is 0.349 e. The Morgan fingerprint density at radius 3 is 2.89 bits per heavy atom. The van der Waals surface area contributed by atoms with Crippen molar-refractivity contribution in [2.24, 2.45) is 0 Å². The molecule has 1 aromatic heterocycles. The third kappa shape index (κ3) is 2.10. The van der Waals surface area contributed by atoms with Crippen LogP contribution in [0, 0.1) is 6.92 Å². The molecule has 1 saturated heterocycles. The Kier molecular flexibility index (Phi) is 2.98. The molecule has 19 heavy (non-hydrogen) atoms. The van der Waals surface area contributed by atoms with Crippen LogP contribution in [-0.4, -0.2) is 24.6 Å². The van der Waals surface area contributed by atoms with Gasteiger partial charge in [0.25, 0.3) is 0 Å². The first-order valence-corrected chi connectivity index (χ1v) is 6.84. The summed E-state index contributed by atoms with van der Waals surface area (Å²) in [5, 5.41) is 1.05. The van der Waals surface area contributed by atoms with Gasteiger partial charge in [0, 0.05) is 11.1 Å². The predicted octanol–water partition coefficient (Wildman–Crippen LogP) is 2.68. The second-order valence-corrected chi connectivity index (χ2v) is 5.45. The number of cyclic esters (lactones) is 1. The second-order valence-electron chi connectivity index (χ2n) is 4.40. The van der Waals surface area contributed by atoms with Crippen molar-refractivity contribution in [3.63, 3.8) is 0 Å². The number of rotatable bonds is 2. The van der Waals surface area contributed by atoms with Crippen molar-refractivity contribution in [3.8, 4) is 0 Å². The summed E-state index contributed by atoms with van der Waals surface area (Å²) in [7, 11) is 0. The summed E-state index contributed by atoms with van der Waals surface area (Å²) >= 11 is 1.39. The molecule has 1 aliphatic rings. The lowest BCUT2D eigenvalue weighted by Gasteiger charge is -2.07. The molecule has 0 bridgehead atoms. The van der Waals surface area contributed by atoms with E-state index in [1.54, 1.807) is 0 Å². The van der Waals surface area contributed by atoms with E-state index in [0.717, 1.165) is 15.6 Å². The van der Waals surface area contributed by atoms with Gasteiger partial charge < -0.3 is 9.47 Å². The molecule has 3 rings (SSSR count). The topological polar surface area (TPSA) is 52.6 Å². The Labute approximate surface area is 113 Å². The van der Waals surface area contributed by atoms with Crippen LogP contribution in [0.15, 0.2) is 24.3 Å². The molecule has 0 radical (unpaired) electrons. The van der Waals surface area contributed by atoms with Crippen LogP contribution in [0.25, 0.3) is 10.1 Å². The van der Waals surface area contributed by atoms with Crippen LogP contribution >= 0.6 is 11.3 Å². The number of carbonyl (C=O) groups excluding carboxylic acids is 2.